The quantitative estimate of drug-likeness (QED) is 0.294. The fourth-order valence-electron chi connectivity index (χ4n) is 4.16. The first kappa shape index (κ1) is 23.3. The molecule has 0 spiro atoms. The van der Waals surface area contributed by atoms with E-state index in [4.69, 9.17) is 26.1 Å². The Morgan fingerprint density at radius 3 is 2.54 bits per heavy atom. The molecule has 8 heteroatoms. The van der Waals surface area contributed by atoms with E-state index < -0.39 is 0 Å². The van der Waals surface area contributed by atoms with Gasteiger partial charge < -0.3 is 24.1 Å². The average Bonchev–Trinajstić information content (AvgIpc) is 3.49. The highest BCUT2D eigenvalue weighted by Crippen LogP contribution is 2.46. The monoisotopic (exact) mass is 503 g/mol. The van der Waals surface area contributed by atoms with Gasteiger partial charge in [-0.15, -0.1) is 0 Å². The summed E-state index contributed by atoms with van der Waals surface area (Å²) in [6.07, 6.45) is 1.78. The van der Waals surface area contributed by atoms with Gasteiger partial charge in [0, 0.05) is 17.2 Å². The molecule has 0 saturated carbocycles. The molecular formula is C27H25N3O3S2. The average molecular weight is 504 g/mol. The minimum Gasteiger partial charge on any atom is -0.497 e. The molecular weight excluding hydrogens is 478 g/mol. The lowest BCUT2D eigenvalue weighted by atomic mass is 10.0. The summed E-state index contributed by atoms with van der Waals surface area (Å²) in [6.45, 7) is 2.08. The van der Waals surface area contributed by atoms with Gasteiger partial charge in [0.25, 0.3) is 0 Å². The predicted molar refractivity (Wildman–Crippen MR) is 141 cm³/mol. The normalized spacial score (nSPS) is 17.3. The number of aryl methyl sites for hydroxylation is 1. The highest BCUT2D eigenvalue weighted by Gasteiger charge is 2.43. The first-order chi connectivity index (χ1) is 17.1. The molecule has 35 heavy (non-hydrogen) atoms. The number of furan rings is 1. The van der Waals surface area contributed by atoms with Crippen molar-refractivity contribution >= 4 is 34.8 Å². The summed E-state index contributed by atoms with van der Waals surface area (Å²) in [5.41, 5.74) is 2.88. The molecule has 1 fully saturated rings. The van der Waals surface area contributed by atoms with Gasteiger partial charge in [-0.25, -0.2) is 0 Å². The Kier molecular flexibility index (Phi) is 6.66. The summed E-state index contributed by atoms with van der Waals surface area (Å²) in [4.78, 5) is 7.74. The maximum absolute atomic E-state index is 6.41. The van der Waals surface area contributed by atoms with Crippen molar-refractivity contribution in [2.24, 2.45) is 0 Å². The Labute approximate surface area is 214 Å². The Balaban J connectivity index is 1.57. The minimum atomic E-state index is -0.286. The molecule has 2 aromatic heterocycles. The van der Waals surface area contributed by atoms with E-state index in [-0.39, 0.29) is 12.1 Å². The minimum absolute atomic E-state index is 0.219. The van der Waals surface area contributed by atoms with Crippen LogP contribution in [0.3, 0.4) is 0 Å². The summed E-state index contributed by atoms with van der Waals surface area (Å²) < 4.78 is 17.6. The largest absolute Gasteiger partial charge is 0.497 e. The molecule has 2 aromatic carbocycles. The Morgan fingerprint density at radius 2 is 1.83 bits per heavy atom. The molecule has 1 aliphatic heterocycles. The molecule has 4 aromatic rings. The van der Waals surface area contributed by atoms with Crippen molar-refractivity contribution in [2.45, 2.75) is 29.0 Å². The van der Waals surface area contributed by atoms with Gasteiger partial charge in [0.1, 0.15) is 23.3 Å². The molecule has 1 aliphatic rings. The van der Waals surface area contributed by atoms with Crippen LogP contribution >= 0.6 is 24.0 Å². The van der Waals surface area contributed by atoms with Gasteiger partial charge in [0.05, 0.1) is 31.6 Å². The fourth-order valence-corrected chi connectivity index (χ4v) is 5.28. The maximum Gasteiger partial charge on any atom is 0.174 e. The second-order valence-electron chi connectivity index (χ2n) is 8.11. The molecule has 0 aliphatic carbocycles. The molecule has 5 rings (SSSR count). The van der Waals surface area contributed by atoms with Gasteiger partial charge in [0.2, 0.25) is 0 Å². The molecule has 2 atom stereocenters. The van der Waals surface area contributed by atoms with Crippen LogP contribution in [0.4, 0.5) is 5.69 Å². The number of rotatable bonds is 7. The summed E-state index contributed by atoms with van der Waals surface area (Å²) in [5.74, 6) is 2.16. The molecule has 0 unspecified atom stereocenters. The lowest BCUT2D eigenvalue weighted by Crippen LogP contribution is -2.29. The molecule has 0 radical (unpaired) electrons. The zero-order chi connectivity index (χ0) is 24.4. The number of hydrogen-bond acceptors (Lipinski definition) is 6. The molecule has 3 heterocycles. The molecule has 0 bridgehead atoms. The lowest BCUT2D eigenvalue weighted by Gasteiger charge is -2.27. The zero-order valence-corrected chi connectivity index (χ0v) is 21.2. The SMILES string of the molecule is COc1ccc(OC)c(N2C(=S)N[C@@H](c3ccccn3)[C@H]2c2ccc(Sc3ccc(C)cc3)o2)c1. The molecule has 0 amide bonds. The van der Waals surface area contributed by atoms with Crippen LogP contribution in [-0.4, -0.2) is 24.3 Å². The van der Waals surface area contributed by atoms with E-state index in [1.807, 2.05) is 53.4 Å². The van der Waals surface area contributed by atoms with Crippen molar-refractivity contribution in [1.29, 1.82) is 0 Å². The number of nitrogens with zero attached hydrogens (tertiary/aromatic N) is 2. The van der Waals surface area contributed by atoms with Gasteiger partial charge in [-0.1, -0.05) is 35.5 Å². The Morgan fingerprint density at radius 1 is 1.00 bits per heavy atom. The van der Waals surface area contributed by atoms with Gasteiger partial charge in [0.15, 0.2) is 10.2 Å². The second kappa shape index (κ2) is 10.0. The van der Waals surface area contributed by atoms with E-state index in [0.717, 1.165) is 27.1 Å². The Bertz CT molecular complexity index is 1330. The van der Waals surface area contributed by atoms with E-state index in [9.17, 15) is 0 Å². The van der Waals surface area contributed by atoms with Gasteiger partial charge in [-0.3, -0.25) is 4.98 Å². The molecule has 1 saturated heterocycles. The van der Waals surface area contributed by atoms with Crippen molar-refractivity contribution in [3.8, 4) is 11.5 Å². The van der Waals surface area contributed by atoms with Gasteiger partial charge >= 0.3 is 0 Å². The topological polar surface area (TPSA) is 59.8 Å². The zero-order valence-electron chi connectivity index (χ0n) is 19.6. The third-order valence-corrected chi connectivity index (χ3v) is 7.12. The number of anilines is 1. The number of methoxy groups -OCH3 is 2. The highest BCUT2D eigenvalue weighted by molar-refractivity contribution is 7.99. The number of hydrogen-bond donors (Lipinski definition) is 1. The van der Waals surface area contributed by atoms with Crippen LogP contribution < -0.4 is 19.7 Å². The third-order valence-electron chi connectivity index (χ3n) is 5.88. The predicted octanol–water partition coefficient (Wildman–Crippen LogP) is 6.33. The molecule has 1 N–H and O–H groups in total. The van der Waals surface area contributed by atoms with E-state index in [1.165, 1.54) is 5.56 Å². The van der Waals surface area contributed by atoms with Crippen LogP contribution in [0.5, 0.6) is 11.5 Å². The lowest BCUT2D eigenvalue weighted by molar-refractivity contribution is 0.379. The van der Waals surface area contributed by atoms with Crippen molar-refractivity contribution in [1.82, 2.24) is 10.3 Å². The molecule has 6 nitrogen and oxygen atoms in total. The Hall–Kier alpha value is -3.49. The standard InChI is InChI=1S/C27H25N3O3S2/c1-17-7-10-19(11-8-17)35-24-14-13-23(33-24)26-25(20-6-4-5-15-28-20)29-27(34)30(26)21-16-18(31-2)9-12-22(21)32-3/h4-16,25-26H,1-3H3,(H,29,34)/t25-,26+/m0/s1. The first-order valence-electron chi connectivity index (χ1n) is 11.1. The van der Waals surface area contributed by atoms with Crippen molar-refractivity contribution in [2.75, 3.05) is 19.1 Å². The van der Waals surface area contributed by atoms with Crippen molar-refractivity contribution in [3.05, 3.63) is 96.0 Å². The number of benzene rings is 2. The number of nitrogens with one attached hydrogen (secondary N) is 1. The van der Waals surface area contributed by atoms with Gasteiger partial charge in [-0.05, 0) is 67.7 Å². The third kappa shape index (κ3) is 4.72. The van der Waals surface area contributed by atoms with E-state index in [0.29, 0.717) is 16.6 Å². The van der Waals surface area contributed by atoms with Gasteiger partial charge in [-0.2, -0.15) is 0 Å². The van der Waals surface area contributed by atoms with Crippen LogP contribution in [0.1, 0.15) is 29.1 Å². The number of ether oxygens (including phenoxy) is 2. The van der Waals surface area contributed by atoms with Crippen LogP contribution in [0.2, 0.25) is 0 Å². The number of aromatic nitrogens is 1. The molecule has 178 valence electrons. The van der Waals surface area contributed by atoms with Crippen LogP contribution in [0, 0.1) is 6.92 Å². The first-order valence-corrected chi connectivity index (χ1v) is 12.4. The number of pyridine rings is 1. The maximum atomic E-state index is 6.41. The summed E-state index contributed by atoms with van der Waals surface area (Å²) >= 11 is 7.42. The fraction of sp³-hybridized carbons (Fsp3) is 0.185. The van der Waals surface area contributed by atoms with Crippen molar-refractivity contribution < 1.29 is 13.9 Å². The van der Waals surface area contributed by atoms with E-state index in [1.54, 1.807) is 32.2 Å². The van der Waals surface area contributed by atoms with E-state index in [2.05, 4.69) is 41.5 Å². The summed E-state index contributed by atoms with van der Waals surface area (Å²) in [6, 6.07) is 23.4. The van der Waals surface area contributed by atoms with Crippen LogP contribution in [0.15, 0.2) is 93.4 Å². The van der Waals surface area contributed by atoms with Crippen LogP contribution in [0.25, 0.3) is 0 Å². The van der Waals surface area contributed by atoms with Crippen molar-refractivity contribution in [3.63, 3.8) is 0 Å². The smallest absolute Gasteiger partial charge is 0.174 e. The van der Waals surface area contributed by atoms with Crippen LogP contribution in [-0.2, 0) is 0 Å². The summed E-state index contributed by atoms with van der Waals surface area (Å²) in [7, 11) is 3.29. The second-order valence-corrected chi connectivity index (χ2v) is 9.57. The number of thiocarbonyl (C=S) groups is 1. The van der Waals surface area contributed by atoms with E-state index >= 15 is 0 Å². The highest BCUT2D eigenvalue weighted by atomic mass is 32.2. The summed E-state index contributed by atoms with van der Waals surface area (Å²) in [5, 5.41) is 4.81.